The number of likely N-dealkylation sites (tertiary alicyclic amines) is 1. The molecular weight excluding hydrogens is 448 g/mol. The molecule has 0 atom stereocenters. The van der Waals surface area contributed by atoms with Gasteiger partial charge in [-0.05, 0) is 50.1 Å². The Labute approximate surface area is 193 Å². The number of rotatable bonds is 4. The molecule has 1 aromatic carbocycles. The van der Waals surface area contributed by atoms with Crippen LogP contribution in [-0.2, 0) is 0 Å². The van der Waals surface area contributed by atoms with Crippen LogP contribution in [0, 0.1) is 6.92 Å². The molecule has 0 bridgehead atoms. The summed E-state index contributed by atoms with van der Waals surface area (Å²) in [6, 6.07) is 11.1. The van der Waals surface area contributed by atoms with Crippen molar-refractivity contribution >= 4 is 45.0 Å². The zero-order valence-electron chi connectivity index (χ0n) is 17.4. The highest BCUT2D eigenvalue weighted by Crippen LogP contribution is 2.31. The van der Waals surface area contributed by atoms with Gasteiger partial charge in [0.25, 0.3) is 11.8 Å². The smallest absolute Gasteiger partial charge is 0.261 e. The standard InChI is InChI=1S/C23H21ClN4O3S/c1-14-19-12-20(32-23(19)28(26-14)18-4-2-3-16(24)11-18)21(29)25-17-5-8-27(9-6-17)22(30)15-7-10-31-13-15/h2-4,7,10-13,17H,5-6,8-9H2,1H3,(H,25,29). The number of nitrogens with one attached hydrogen (secondary N) is 1. The fraction of sp³-hybridized carbons (Fsp3) is 0.261. The lowest BCUT2D eigenvalue weighted by atomic mass is 10.0. The Kier molecular flexibility index (Phi) is 5.48. The van der Waals surface area contributed by atoms with Crippen LogP contribution in [0.2, 0.25) is 5.02 Å². The van der Waals surface area contributed by atoms with E-state index in [9.17, 15) is 9.59 Å². The zero-order valence-corrected chi connectivity index (χ0v) is 18.9. The minimum atomic E-state index is -0.0946. The van der Waals surface area contributed by atoms with E-state index >= 15 is 0 Å². The average Bonchev–Trinajstić information content (AvgIpc) is 3.52. The van der Waals surface area contributed by atoms with Crippen LogP contribution in [0.15, 0.2) is 53.3 Å². The summed E-state index contributed by atoms with van der Waals surface area (Å²) in [6.45, 7) is 3.14. The van der Waals surface area contributed by atoms with Crippen molar-refractivity contribution in [3.05, 3.63) is 70.1 Å². The fourth-order valence-electron chi connectivity index (χ4n) is 3.99. The second kappa shape index (κ2) is 8.44. The molecule has 0 unspecified atom stereocenters. The number of aromatic nitrogens is 2. The molecule has 2 amide bonds. The van der Waals surface area contributed by atoms with Crippen LogP contribution in [0.5, 0.6) is 0 Å². The third-order valence-electron chi connectivity index (χ3n) is 5.71. The lowest BCUT2D eigenvalue weighted by molar-refractivity contribution is 0.0697. The van der Waals surface area contributed by atoms with Crippen molar-refractivity contribution < 1.29 is 14.0 Å². The van der Waals surface area contributed by atoms with Gasteiger partial charge in [0.2, 0.25) is 0 Å². The lowest BCUT2D eigenvalue weighted by Crippen LogP contribution is -2.46. The van der Waals surface area contributed by atoms with E-state index in [0.29, 0.717) is 28.6 Å². The fourth-order valence-corrected chi connectivity index (χ4v) is 5.26. The van der Waals surface area contributed by atoms with Crippen LogP contribution >= 0.6 is 22.9 Å². The number of piperidine rings is 1. The van der Waals surface area contributed by atoms with Crippen molar-refractivity contribution in [3.63, 3.8) is 0 Å². The summed E-state index contributed by atoms with van der Waals surface area (Å²) < 4.78 is 6.83. The SMILES string of the molecule is Cc1nn(-c2cccc(Cl)c2)c2sc(C(=O)NC3CCN(C(=O)c4ccoc4)CC3)cc12. The Bertz CT molecular complexity index is 1290. The van der Waals surface area contributed by atoms with Gasteiger partial charge in [-0.3, -0.25) is 9.59 Å². The Morgan fingerprint density at radius 3 is 2.75 bits per heavy atom. The van der Waals surface area contributed by atoms with Gasteiger partial charge in [0, 0.05) is 29.5 Å². The maximum Gasteiger partial charge on any atom is 0.261 e. The molecule has 9 heteroatoms. The summed E-state index contributed by atoms with van der Waals surface area (Å²) in [5.74, 6) is -0.128. The normalized spacial score (nSPS) is 14.8. The summed E-state index contributed by atoms with van der Waals surface area (Å²) >= 11 is 7.56. The van der Waals surface area contributed by atoms with Crippen LogP contribution in [-0.4, -0.2) is 45.6 Å². The molecular formula is C23H21ClN4O3S. The number of carbonyl (C=O) groups excluding carboxylic acids is 2. The van der Waals surface area contributed by atoms with Crippen LogP contribution in [0.4, 0.5) is 0 Å². The molecule has 7 nitrogen and oxygen atoms in total. The van der Waals surface area contributed by atoms with Gasteiger partial charge in [-0.1, -0.05) is 17.7 Å². The summed E-state index contributed by atoms with van der Waals surface area (Å²) in [5.41, 5.74) is 2.28. The van der Waals surface area contributed by atoms with Gasteiger partial charge in [-0.25, -0.2) is 4.68 Å². The molecule has 0 aliphatic carbocycles. The van der Waals surface area contributed by atoms with Crippen LogP contribution < -0.4 is 5.32 Å². The first-order valence-corrected chi connectivity index (χ1v) is 11.6. The van der Waals surface area contributed by atoms with E-state index in [1.54, 1.807) is 11.0 Å². The number of carbonyl (C=O) groups is 2. The third-order valence-corrected chi connectivity index (χ3v) is 7.05. The van der Waals surface area contributed by atoms with Gasteiger partial charge < -0.3 is 14.6 Å². The maximum absolute atomic E-state index is 13.0. The molecule has 1 saturated heterocycles. The summed E-state index contributed by atoms with van der Waals surface area (Å²) in [6.07, 6.45) is 4.40. The second-order valence-electron chi connectivity index (χ2n) is 7.86. The van der Waals surface area contributed by atoms with Crippen LogP contribution in [0.3, 0.4) is 0 Å². The van der Waals surface area contributed by atoms with Crippen molar-refractivity contribution in [2.45, 2.75) is 25.8 Å². The van der Waals surface area contributed by atoms with Crippen molar-refractivity contribution in [1.82, 2.24) is 20.0 Å². The van der Waals surface area contributed by atoms with Crippen LogP contribution in [0.1, 0.15) is 38.6 Å². The van der Waals surface area contributed by atoms with Crippen molar-refractivity contribution in [2.75, 3.05) is 13.1 Å². The number of thiophene rings is 1. The maximum atomic E-state index is 13.0. The molecule has 32 heavy (non-hydrogen) atoms. The average molecular weight is 469 g/mol. The van der Waals surface area contributed by atoms with E-state index in [-0.39, 0.29) is 17.9 Å². The van der Waals surface area contributed by atoms with Gasteiger partial charge in [0.05, 0.1) is 28.1 Å². The number of benzene rings is 1. The molecule has 4 aromatic rings. The molecule has 4 heterocycles. The van der Waals surface area contributed by atoms with E-state index in [1.165, 1.54) is 23.9 Å². The van der Waals surface area contributed by atoms with E-state index in [2.05, 4.69) is 10.4 Å². The summed E-state index contributed by atoms with van der Waals surface area (Å²) in [4.78, 5) is 28.8. The Balaban J connectivity index is 1.28. The van der Waals surface area contributed by atoms with E-state index in [0.717, 1.165) is 34.4 Å². The van der Waals surface area contributed by atoms with Gasteiger partial charge in [-0.2, -0.15) is 5.10 Å². The van der Waals surface area contributed by atoms with Gasteiger partial charge in [0.15, 0.2) is 0 Å². The molecule has 0 radical (unpaired) electrons. The van der Waals surface area contributed by atoms with Gasteiger partial charge >= 0.3 is 0 Å². The minimum absolute atomic E-state index is 0.0333. The van der Waals surface area contributed by atoms with Gasteiger partial charge in [-0.15, -0.1) is 11.3 Å². The summed E-state index contributed by atoms with van der Waals surface area (Å²) in [7, 11) is 0. The number of hydrogen-bond acceptors (Lipinski definition) is 5. The molecule has 1 aliphatic heterocycles. The Morgan fingerprint density at radius 1 is 1.22 bits per heavy atom. The highest BCUT2D eigenvalue weighted by Gasteiger charge is 2.26. The topological polar surface area (TPSA) is 80.4 Å². The van der Waals surface area contributed by atoms with Crippen molar-refractivity contribution in [2.24, 2.45) is 0 Å². The molecule has 5 rings (SSSR count). The highest BCUT2D eigenvalue weighted by atomic mass is 35.5. The molecule has 3 aromatic heterocycles. The Hall–Kier alpha value is -3.10. The molecule has 1 N–H and O–H groups in total. The molecule has 1 aliphatic rings. The van der Waals surface area contributed by atoms with Crippen molar-refractivity contribution in [3.8, 4) is 5.69 Å². The Morgan fingerprint density at radius 2 is 2.03 bits per heavy atom. The molecule has 1 fully saturated rings. The third kappa shape index (κ3) is 3.91. The molecule has 0 spiro atoms. The number of halogens is 1. The number of fused-ring (bicyclic) bond motifs is 1. The lowest BCUT2D eigenvalue weighted by Gasteiger charge is -2.32. The number of amides is 2. The zero-order chi connectivity index (χ0) is 22.2. The van der Waals surface area contributed by atoms with E-state index < -0.39 is 0 Å². The quantitative estimate of drug-likeness (QED) is 0.471. The largest absolute Gasteiger partial charge is 0.472 e. The predicted molar refractivity (Wildman–Crippen MR) is 124 cm³/mol. The van der Waals surface area contributed by atoms with E-state index in [1.807, 2.05) is 41.9 Å². The first-order valence-electron chi connectivity index (χ1n) is 10.4. The monoisotopic (exact) mass is 468 g/mol. The highest BCUT2D eigenvalue weighted by molar-refractivity contribution is 7.20. The van der Waals surface area contributed by atoms with Crippen molar-refractivity contribution in [1.29, 1.82) is 0 Å². The molecule has 164 valence electrons. The summed E-state index contributed by atoms with van der Waals surface area (Å²) in [5, 5.41) is 9.34. The predicted octanol–water partition coefficient (Wildman–Crippen LogP) is 4.68. The first kappa shape index (κ1) is 20.8. The second-order valence-corrected chi connectivity index (χ2v) is 9.33. The van der Waals surface area contributed by atoms with Gasteiger partial charge in [0.1, 0.15) is 11.1 Å². The first-order chi connectivity index (χ1) is 15.5. The number of nitrogens with zero attached hydrogens (tertiary/aromatic N) is 3. The number of furan rings is 1. The molecule has 0 saturated carbocycles. The van der Waals surface area contributed by atoms with E-state index in [4.69, 9.17) is 16.0 Å². The van der Waals surface area contributed by atoms with Crippen LogP contribution in [0.25, 0.3) is 15.9 Å². The number of aryl methyl sites for hydroxylation is 1. The number of hydrogen-bond donors (Lipinski definition) is 1. The minimum Gasteiger partial charge on any atom is -0.472 e.